The Hall–Kier alpha value is -0.530. The van der Waals surface area contributed by atoms with Crippen LogP contribution in [-0.4, -0.2) is 24.3 Å². The molecule has 0 amide bonds. The quantitative estimate of drug-likeness (QED) is 0.321. The summed E-state index contributed by atoms with van der Waals surface area (Å²) in [6.07, 6.45) is 8.50. The van der Waals surface area contributed by atoms with E-state index in [1.54, 1.807) is 0 Å². The molecular weight excluding hydrogens is 160 g/mol. The Bertz CT molecular complexity index is 117. The third-order valence-electron chi connectivity index (χ3n) is 2.16. The van der Waals surface area contributed by atoms with Crippen LogP contribution < -0.4 is 0 Å². The summed E-state index contributed by atoms with van der Waals surface area (Å²) >= 11 is 0. The predicted molar refractivity (Wildman–Crippen MR) is 60.2 cm³/mol. The van der Waals surface area contributed by atoms with Gasteiger partial charge in [-0.2, -0.15) is 5.10 Å². The molecule has 0 aromatic rings. The average molecular weight is 184 g/mol. The molecule has 0 unspecified atom stereocenters. The Morgan fingerprint density at radius 3 is 2.23 bits per heavy atom. The average Bonchev–Trinajstić information content (AvgIpc) is 2.17. The lowest BCUT2D eigenvalue weighted by Gasteiger charge is -2.12. The van der Waals surface area contributed by atoms with Crippen LogP contribution in [0.25, 0.3) is 0 Å². The molecule has 2 nitrogen and oxygen atoms in total. The number of hydrogen-bond donors (Lipinski definition) is 0. The van der Waals surface area contributed by atoms with Gasteiger partial charge in [0, 0.05) is 19.3 Å². The normalized spacial score (nSPS) is 11.0. The second-order valence-electron chi connectivity index (χ2n) is 3.29. The minimum absolute atomic E-state index is 1.02. The van der Waals surface area contributed by atoms with Crippen molar-refractivity contribution in [2.24, 2.45) is 5.10 Å². The van der Waals surface area contributed by atoms with E-state index in [0.717, 1.165) is 19.5 Å². The van der Waals surface area contributed by atoms with Crippen LogP contribution >= 0.6 is 0 Å². The first-order valence-corrected chi connectivity index (χ1v) is 5.62. The summed E-state index contributed by atoms with van der Waals surface area (Å²) in [5, 5.41) is 6.45. The lowest BCUT2D eigenvalue weighted by atomic mass is 10.2. The van der Waals surface area contributed by atoms with Crippen LogP contribution in [0, 0.1) is 0 Å². The molecule has 2 heteroatoms. The zero-order valence-electron chi connectivity index (χ0n) is 9.42. The van der Waals surface area contributed by atoms with Crippen molar-refractivity contribution in [2.75, 3.05) is 13.1 Å². The zero-order chi connectivity index (χ0) is 9.94. The first-order chi connectivity index (χ1) is 6.35. The van der Waals surface area contributed by atoms with Gasteiger partial charge >= 0.3 is 0 Å². The molecule has 0 saturated carbocycles. The van der Waals surface area contributed by atoms with Gasteiger partial charge < -0.3 is 0 Å². The fourth-order valence-corrected chi connectivity index (χ4v) is 1.22. The van der Waals surface area contributed by atoms with Crippen molar-refractivity contribution < 1.29 is 0 Å². The second kappa shape index (κ2) is 9.56. The Morgan fingerprint density at radius 1 is 1.00 bits per heavy atom. The van der Waals surface area contributed by atoms with E-state index in [1.165, 1.54) is 25.7 Å². The van der Waals surface area contributed by atoms with Crippen molar-refractivity contribution in [3.05, 3.63) is 0 Å². The molecule has 0 spiro atoms. The fraction of sp³-hybridized carbons (Fsp3) is 0.909. The van der Waals surface area contributed by atoms with Gasteiger partial charge in [0.05, 0.1) is 0 Å². The minimum Gasteiger partial charge on any atom is -0.298 e. The maximum Gasteiger partial charge on any atom is 0.0331 e. The number of nitrogens with zero attached hydrogens (tertiary/aromatic N) is 2. The summed E-state index contributed by atoms with van der Waals surface area (Å²) in [6.45, 7) is 8.55. The van der Waals surface area contributed by atoms with Crippen molar-refractivity contribution in [1.82, 2.24) is 5.01 Å². The molecule has 0 radical (unpaired) electrons. The molecule has 0 aliphatic heterocycles. The Kier molecular flexibility index (Phi) is 9.17. The van der Waals surface area contributed by atoms with E-state index in [4.69, 9.17) is 0 Å². The highest BCUT2D eigenvalue weighted by atomic mass is 15.4. The summed E-state index contributed by atoms with van der Waals surface area (Å²) < 4.78 is 0. The lowest BCUT2D eigenvalue weighted by Crippen LogP contribution is -2.15. The molecule has 0 N–H and O–H groups in total. The summed E-state index contributed by atoms with van der Waals surface area (Å²) in [5.41, 5.74) is 0. The van der Waals surface area contributed by atoms with Crippen LogP contribution in [0.3, 0.4) is 0 Å². The van der Waals surface area contributed by atoms with E-state index in [-0.39, 0.29) is 0 Å². The highest BCUT2D eigenvalue weighted by Crippen LogP contribution is 2.00. The van der Waals surface area contributed by atoms with Crippen LogP contribution in [0.15, 0.2) is 5.10 Å². The maximum atomic E-state index is 4.37. The van der Waals surface area contributed by atoms with E-state index < -0.39 is 0 Å². The molecule has 0 aromatic heterocycles. The molecule has 0 heterocycles. The maximum absolute atomic E-state index is 4.37. The van der Waals surface area contributed by atoms with Crippen LogP contribution in [0.1, 0.15) is 52.9 Å². The van der Waals surface area contributed by atoms with Crippen molar-refractivity contribution in [2.45, 2.75) is 52.9 Å². The van der Waals surface area contributed by atoms with Crippen LogP contribution in [-0.2, 0) is 0 Å². The van der Waals surface area contributed by atoms with E-state index in [9.17, 15) is 0 Å². The van der Waals surface area contributed by atoms with Crippen LogP contribution in [0.5, 0.6) is 0 Å². The number of unbranched alkanes of at least 4 members (excludes halogenated alkanes) is 4. The van der Waals surface area contributed by atoms with Gasteiger partial charge in [-0.15, -0.1) is 0 Å². The predicted octanol–water partition coefficient (Wildman–Crippen LogP) is 3.28. The van der Waals surface area contributed by atoms with Gasteiger partial charge in [0.25, 0.3) is 0 Å². The second-order valence-corrected chi connectivity index (χ2v) is 3.29. The first-order valence-electron chi connectivity index (χ1n) is 5.62. The molecule has 0 bridgehead atoms. The van der Waals surface area contributed by atoms with Gasteiger partial charge in [0.1, 0.15) is 0 Å². The number of hydrazone groups is 1. The highest BCUT2D eigenvalue weighted by Gasteiger charge is 1.89. The van der Waals surface area contributed by atoms with E-state index in [2.05, 4.69) is 37.1 Å². The lowest BCUT2D eigenvalue weighted by molar-refractivity contribution is 0.322. The van der Waals surface area contributed by atoms with Gasteiger partial charge in [-0.3, -0.25) is 5.01 Å². The largest absolute Gasteiger partial charge is 0.298 e. The molecule has 0 rings (SSSR count). The minimum atomic E-state index is 1.02. The SMILES string of the molecule is CCCCCC/C=N/N(CC)CC. The molecule has 0 fully saturated rings. The van der Waals surface area contributed by atoms with Crippen molar-refractivity contribution >= 4 is 6.21 Å². The van der Waals surface area contributed by atoms with Gasteiger partial charge in [0.2, 0.25) is 0 Å². The Balaban J connectivity index is 3.28. The Labute approximate surface area is 83.0 Å². The van der Waals surface area contributed by atoms with E-state index in [0.29, 0.717) is 0 Å². The monoisotopic (exact) mass is 184 g/mol. The van der Waals surface area contributed by atoms with Crippen molar-refractivity contribution in [3.8, 4) is 0 Å². The first kappa shape index (κ1) is 12.5. The molecule has 0 aliphatic rings. The smallest absolute Gasteiger partial charge is 0.0331 e. The van der Waals surface area contributed by atoms with Gasteiger partial charge in [-0.25, -0.2) is 0 Å². The summed E-state index contributed by atoms with van der Waals surface area (Å²) in [5.74, 6) is 0. The van der Waals surface area contributed by atoms with Crippen LogP contribution in [0.4, 0.5) is 0 Å². The molecule has 78 valence electrons. The van der Waals surface area contributed by atoms with Crippen molar-refractivity contribution in [1.29, 1.82) is 0 Å². The summed E-state index contributed by atoms with van der Waals surface area (Å²) in [6, 6.07) is 0. The van der Waals surface area contributed by atoms with Gasteiger partial charge in [-0.1, -0.05) is 26.2 Å². The highest BCUT2D eigenvalue weighted by molar-refractivity contribution is 5.56. The zero-order valence-corrected chi connectivity index (χ0v) is 9.42. The molecular formula is C11H24N2. The summed E-state index contributed by atoms with van der Waals surface area (Å²) in [4.78, 5) is 0. The standard InChI is InChI=1S/C11H24N2/c1-4-7-8-9-10-11-12-13(5-2)6-3/h11H,4-10H2,1-3H3/b12-11+. The molecule has 0 aromatic carbocycles. The molecule has 0 saturated heterocycles. The van der Waals surface area contributed by atoms with Gasteiger partial charge in [0.15, 0.2) is 0 Å². The molecule has 0 atom stereocenters. The Morgan fingerprint density at radius 2 is 1.69 bits per heavy atom. The van der Waals surface area contributed by atoms with Crippen molar-refractivity contribution in [3.63, 3.8) is 0 Å². The summed E-state index contributed by atoms with van der Waals surface area (Å²) in [7, 11) is 0. The van der Waals surface area contributed by atoms with E-state index in [1.807, 2.05) is 0 Å². The number of rotatable bonds is 8. The third kappa shape index (κ3) is 7.82. The van der Waals surface area contributed by atoms with Crippen LogP contribution in [0.2, 0.25) is 0 Å². The molecule has 0 aliphatic carbocycles. The third-order valence-corrected chi connectivity index (χ3v) is 2.16. The van der Waals surface area contributed by atoms with Gasteiger partial charge in [-0.05, 0) is 26.7 Å². The fourth-order valence-electron chi connectivity index (χ4n) is 1.22. The van der Waals surface area contributed by atoms with E-state index >= 15 is 0 Å². The number of hydrogen-bond acceptors (Lipinski definition) is 2. The molecule has 13 heavy (non-hydrogen) atoms. The topological polar surface area (TPSA) is 15.6 Å².